The van der Waals surface area contributed by atoms with Crippen molar-refractivity contribution in [2.45, 2.75) is 37.1 Å². The molecule has 0 radical (unpaired) electrons. The van der Waals surface area contributed by atoms with Crippen molar-refractivity contribution in [1.29, 1.82) is 0 Å². The largest absolute Gasteiger partial charge is 0.243 e. The Kier molecular flexibility index (Phi) is 2.67. The third-order valence-corrected chi connectivity index (χ3v) is 6.91. The molecule has 3 nitrogen and oxygen atoms in total. The van der Waals surface area contributed by atoms with E-state index in [2.05, 4.69) is 26.0 Å². The van der Waals surface area contributed by atoms with Gasteiger partial charge in [0, 0.05) is 17.5 Å². The van der Waals surface area contributed by atoms with E-state index in [1.807, 2.05) is 6.07 Å². The SMILES string of the molecule is C[C@]12CC=CC[C@@]1(C)N(S(=O)(=O)c1ccccc1)C2. The van der Waals surface area contributed by atoms with Crippen LogP contribution in [-0.2, 0) is 10.0 Å². The molecule has 0 spiro atoms. The summed E-state index contributed by atoms with van der Waals surface area (Å²) in [6.07, 6.45) is 6.04. The van der Waals surface area contributed by atoms with E-state index in [-0.39, 0.29) is 11.0 Å². The first-order chi connectivity index (χ1) is 8.90. The number of hydrogen-bond acceptors (Lipinski definition) is 2. The third kappa shape index (κ3) is 1.63. The van der Waals surface area contributed by atoms with E-state index < -0.39 is 10.0 Å². The summed E-state index contributed by atoms with van der Waals surface area (Å²) in [5.41, 5.74) is -0.208. The molecule has 1 fully saturated rings. The van der Waals surface area contributed by atoms with E-state index in [1.54, 1.807) is 28.6 Å². The van der Waals surface area contributed by atoms with Gasteiger partial charge in [-0.2, -0.15) is 4.31 Å². The molecule has 0 aromatic heterocycles. The lowest BCUT2D eigenvalue weighted by Gasteiger charge is -2.64. The average Bonchev–Trinajstić information content (AvgIpc) is 2.40. The molecule has 102 valence electrons. The molecule has 0 amide bonds. The number of sulfonamides is 1. The summed E-state index contributed by atoms with van der Waals surface area (Å²) in [6, 6.07) is 8.73. The zero-order valence-corrected chi connectivity index (χ0v) is 12.2. The van der Waals surface area contributed by atoms with Crippen LogP contribution in [0.4, 0.5) is 0 Å². The molecule has 1 aliphatic carbocycles. The Bertz CT molecular complexity index is 623. The van der Waals surface area contributed by atoms with Gasteiger partial charge in [-0.05, 0) is 31.9 Å². The molecular formula is C15H19NO2S. The second kappa shape index (κ2) is 3.93. The lowest BCUT2D eigenvalue weighted by atomic mass is 9.59. The van der Waals surface area contributed by atoms with Crippen LogP contribution in [0.5, 0.6) is 0 Å². The Balaban J connectivity index is 2.00. The van der Waals surface area contributed by atoms with E-state index in [0.29, 0.717) is 11.4 Å². The van der Waals surface area contributed by atoms with Gasteiger partial charge in [-0.1, -0.05) is 37.3 Å². The van der Waals surface area contributed by atoms with E-state index in [4.69, 9.17) is 0 Å². The Labute approximate surface area is 115 Å². The van der Waals surface area contributed by atoms with Crippen molar-refractivity contribution in [1.82, 2.24) is 4.31 Å². The molecule has 4 heteroatoms. The van der Waals surface area contributed by atoms with E-state index >= 15 is 0 Å². The van der Waals surface area contributed by atoms with Gasteiger partial charge in [-0.3, -0.25) is 0 Å². The van der Waals surface area contributed by atoms with Crippen LogP contribution >= 0.6 is 0 Å². The number of hydrogen-bond donors (Lipinski definition) is 0. The lowest BCUT2D eigenvalue weighted by molar-refractivity contribution is -0.0807. The van der Waals surface area contributed by atoms with Gasteiger partial charge in [0.25, 0.3) is 0 Å². The predicted octanol–water partition coefficient (Wildman–Crippen LogP) is 2.81. The quantitative estimate of drug-likeness (QED) is 0.780. The van der Waals surface area contributed by atoms with Crippen molar-refractivity contribution in [3.8, 4) is 0 Å². The monoisotopic (exact) mass is 277 g/mol. The molecule has 0 unspecified atom stereocenters. The van der Waals surface area contributed by atoms with Gasteiger partial charge in [0.1, 0.15) is 0 Å². The minimum atomic E-state index is -3.37. The van der Waals surface area contributed by atoms with Gasteiger partial charge >= 0.3 is 0 Å². The van der Waals surface area contributed by atoms with Crippen molar-refractivity contribution in [3.63, 3.8) is 0 Å². The number of fused-ring (bicyclic) bond motifs is 1. The third-order valence-electron chi connectivity index (χ3n) is 4.92. The van der Waals surface area contributed by atoms with E-state index in [0.717, 1.165) is 12.8 Å². The summed E-state index contributed by atoms with van der Waals surface area (Å²) in [5, 5.41) is 0. The van der Waals surface area contributed by atoms with Gasteiger partial charge in [0.05, 0.1) is 4.90 Å². The summed E-state index contributed by atoms with van der Waals surface area (Å²) in [4.78, 5) is 0.396. The second-order valence-corrected chi connectivity index (χ2v) is 7.90. The Hall–Kier alpha value is -1.13. The van der Waals surface area contributed by atoms with Crippen LogP contribution in [0.1, 0.15) is 26.7 Å². The maximum Gasteiger partial charge on any atom is 0.243 e. The highest BCUT2D eigenvalue weighted by Gasteiger charge is 2.62. The van der Waals surface area contributed by atoms with Gasteiger partial charge in [-0.15, -0.1) is 0 Å². The summed E-state index contributed by atoms with van der Waals surface area (Å²) < 4.78 is 27.1. The van der Waals surface area contributed by atoms with Gasteiger partial charge in [0.15, 0.2) is 0 Å². The number of benzene rings is 1. The topological polar surface area (TPSA) is 37.4 Å². The van der Waals surface area contributed by atoms with E-state index in [1.165, 1.54) is 0 Å². The van der Waals surface area contributed by atoms with Crippen molar-refractivity contribution in [2.75, 3.05) is 6.54 Å². The molecule has 0 saturated carbocycles. The maximum atomic E-state index is 12.7. The summed E-state index contributed by atoms with van der Waals surface area (Å²) in [7, 11) is -3.37. The molecule has 1 aromatic rings. The smallest absolute Gasteiger partial charge is 0.207 e. The fraction of sp³-hybridized carbons (Fsp3) is 0.467. The van der Waals surface area contributed by atoms with Crippen LogP contribution in [0.15, 0.2) is 47.4 Å². The van der Waals surface area contributed by atoms with Crippen LogP contribution < -0.4 is 0 Å². The Morgan fingerprint density at radius 3 is 2.32 bits per heavy atom. The first-order valence-electron chi connectivity index (χ1n) is 6.63. The van der Waals surface area contributed by atoms with E-state index in [9.17, 15) is 8.42 Å². The Morgan fingerprint density at radius 1 is 1.05 bits per heavy atom. The fourth-order valence-electron chi connectivity index (χ4n) is 3.23. The second-order valence-electron chi connectivity index (χ2n) is 6.04. The first-order valence-corrected chi connectivity index (χ1v) is 8.07. The molecule has 3 rings (SSSR count). The van der Waals surface area contributed by atoms with Gasteiger partial charge in [0.2, 0.25) is 10.0 Å². The Morgan fingerprint density at radius 2 is 1.68 bits per heavy atom. The molecule has 19 heavy (non-hydrogen) atoms. The summed E-state index contributed by atoms with van der Waals surface area (Å²) in [5.74, 6) is 0. The van der Waals surface area contributed by atoms with Crippen LogP contribution in [0.25, 0.3) is 0 Å². The van der Waals surface area contributed by atoms with Crippen molar-refractivity contribution in [2.24, 2.45) is 5.41 Å². The molecule has 1 heterocycles. The number of allylic oxidation sites excluding steroid dienone is 1. The van der Waals surface area contributed by atoms with Gasteiger partial charge < -0.3 is 0 Å². The highest BCUT2D eigenvalue weighted by Crippen LogP contribution is 2.55. The molecular weight excluding hydrogens is 258 g/mol. The minimum Gasteiger partial charge on any atom is -0.207 e. The standard InChI is InChI=1S/C15H19NO2S/c1-14-10-6-7-11-15(14,2)16(12-14)19(17,18)13-8-4-3-5-9-13/h3-9H,10-12H2,1-2H3/t14-,15-/m1/s1. The minimum absolute atomic E-state index is 0.0730. The average molecular weight is 277 g/mol. The molecule has 0 N–H and O–H groups in total. The van der Waals surface area contributed by atoms with Crippen LogP contribution in [0, 0.1) is 5.41 Å². The highest BCUT2D eigenvalue weighted by molar-refractivity contribution is 7.89. The van der Waals surface area contributed by atoms with Crippen LogP contribution in [-0.4, -0.2) is 24.8 Å². The molecule has 1 aliphatic heterocycles. The first kappa shape index (κ1) is 12.9. The maximum absolute atomic E-state index is 12.7. The molecule has 2 atom stereocenters. The fourth-order valence-corrected chi connectivity index (χ4v) is 5.27. The molecule has 0 bridgehead atoms. The van der Waals surface area contributed by atoms with Crippen LogP contribution in [0.2, 0.25) is 0 Å². The zero-order valence-electron chi connectivity index (χ0n) is 11.3. The number of nitrogens with zero attached hydrogens (tertiary/aromatic N) is 1. The molecule has 1 aromatic carbocycles. The van der Waals surface area contributed by atoms with Crippen LogP contribution in [0.3, 0.4) is 0 Å². The zero-order chi connectivity index (χ0) is 13.7. The van der Waals surface area contributed by atoms with Crippen molar-refractivity contribution < 1.29 is 8.42 Å². The summed E-state index contributed by atoms with van der Waals surface area (Å²) in [6.45, 7) is 4.87. The molecule has 1 saturated heterocycles. The van der Waals surface area contributed by atoms with Crippen molar-refractivity contribution >= 4 is 10.0 Å². The highest BCUT2D eigenvalue weighted by atomic mass is 32.2. The predicted molar refractivity (Wildman–Crippen MR) is 75.2 cm³/mol. The lowest BCUT2D eigenvalue weighted by Crippen LogP contribution is -2.73. The molecule has 2 aliphatic rings. The number of rotatable bonds is 2. The summed E-state index contributed by atoms with van der Waals surface area (Å²) >= 11 is 0. The van der Waals surface area contributed by atoms with Crippen molar-refractivity contribution in [3.05, 3.63) is 42.5 Å². The van der Waals surface area contributed by atoms with Gasteiger partial charge in [-0.25, -0.2) is 8.42 Å². The normalized spacial score (nSPS) is 34.6.